The van der Waals surface area contributed by atoms with E-state index in [2.05, 4.69) is 10.1 Å². The lowest BCUT2D eigenvalue weighted by atomic mass is 10.0. The van der Waals surface area contributed by atoms with Gasteiger partial charge in [0, 0.05) is 6.42 Å². The van der Waals surface area contributed by atoms with Crippen molar-refractivity contribution < 1.29 is 14.3 Å². The first kappa shape index (κ1) is 12.2. The molecule has 1 aromatic rings. The van der Waals surface area contributed by atoms with Crippen molar-refractivity contribution in [3.8, 4) is 0 Å². The standard InChI is InChI=1S/C12H15NO3/c1-9-3-5-10(6-4-9)7-11(13-8-14)12(15)16-2/h3-6,8,11H,7H2,1-2H3,(H,13,14). The molecule has 4 heteroatoms. The molecule has 0 spiro atoms. The van der Waals surface area contributed by atoms with E-state index in [-0.39, 0.29) is 0 Å². The number of carbonyl (C=O) groups is 2. The van der Waals surface area contributed by atoms with Crippen LogP contribution in [-0.4, -0.2) is 25.5 Å². The van der Waals surface area contributed by atoms with E-state index in [1.165, 1.54) is 7.11 Å². The lowest BCUT2D eigenvalue weighted by Gasteiger charge is -2.13. The largest absolute Gasteiger partial charge is 0.467 e. The summed E-state index contributed by atoms with van der Waals surface area (Å²) in [5.41, 5.74) is 2.14. The van der Waals surface area contributed by atoms with Gasteiger partial charge in [-0.05, 0) is 12.5 Å². The topological polar surface area (TPSA) is 55.4 Å². The van der Waals surface area contributed by atoms with Gasteiger partial charge in [-0.15, -0.1) is 0 Å². The van der Waals surface area contributed by atoms with Gasteiger partial charge >= 0.3 is 5.97 Å². The van der Waals surface area contributed by atoms with Crippen LogP contribution in [0.15, 0.2) is 24.3 Å². The zero-order valence-corrected chi connectivity index (χ0v) is 9.40. The van der Waals surface area contributed by atoms with E-state index < -0.39 is 12.0 Å². The number of esters is 1. The number of ether oxygens (including phenoxy) is 1. The molecule has 4 nitrogen and oxygen atoms in total. The molecule has 1 rings (SSSR count). The van der Waals surface area contributed by atoms with Crippen molar-refractivity contribution in [3.05, 3.63) is 35.4 Å². The van der Waals surface area contributed by atoms with Crippen LogP contribution in [0.25, 0.3) is 0 Å². The Kier molecular flexibility index (Phi) is 4.51. The Labute approximate surface area is 94.6 Å². The van der Waals surface area contributed by atoms with Gasteiger partial charge in [0.15, 0.2) is 0 Å². The van der Waals surface area contributed by atoms with Gasteiger partial charge < -0.3 is 10.1 Å². The van der Waals surface area contributed by atoms with Crippen LogP contribution in [0.4, 0.5) is 0 Å². The number of hydrogen-bond donors (Lipinski definition) is 1. The van der Waals surface area contributed by atoms with Crippen molar-refractivity contribution >= 4 is 12.4 Å². The van der Waals surface area contributed by atoms with Gasteiger partial charge in [-0.3, -0.25) is 4.79 Å². The fourth-order valence-corrected chi connectivity index (χ4v) is 1.39. The minimum Gasteiger partial charge on any atom is -0.467 e. The third-order valence-corrected chi connectivity index (χ3v) is 2.32. The molecule has 0 saturated heterocycles. The van der Waals surface area contributed by atoms with Gasteiger partial charge in [-0.1, -0.05) is 29.8 Å². The number of hydrogen-bond acceptors (Lipinski definition) is 3. The van der Waals surface area contributed by atoms with E-state index in [4.69, 9.17) is 0 Å². The Hall–Kier alpha value is -1.84. The molecule has 0 radical (unpaired) electrons. The normalized spacial score (nSPS) is 11.6. The summed E-state index contributed by atoms with van der Waals surface area (Å²) in [6.07, 6.45) is 0.946. The van der Waals surface area contributed by atoms with Crippen molar-refractivity contribution in [2.75, 3.05) is 7.11 Å². The number of rotatable bonds is 5. The molecule has 0 saturated carbocycles. The Balaban J connectivity index is 2.71. The number of aryl methyl sites for hydroxylation is 1. The summed E-state index contributed by atoms with van der Waals surface area (Å²) in [6, 6.07) is 7.16. The lowest BCUT2D eigenvalue weighted by Crippen LogP contribution is -2.38. The highest BCUT2D eigenvalue weighted by Crippen LogP contribution is 2.06. The highest BCUT2D eigenvalue weighted by atomic mass is 16.5. The van der Waals surface area contributed by atoms with Gasteiger partial charge in [0.2, 0.25) is 6.41 Å². The molecular formula is C12H15NO3. The zero-order valence-electron chi connectivity index (χ0n) is 9.40. The molecule has 86 valence electrons. The lowest BCUT2D eigenvalue weighted by molar-refractivity contribution is -0.144. The van der Waals surface area contributed by atoms with Crippen molar-refractivity contribution in [1.29, 1.82) is 0 Å². The Morgan fingerprint density at radius 2 is 2.06 bits per heavy atom. The van der Waals surface area contributed by atoms with Gasteiger partial charge in [-0.2, -0.15) is 0 Å². The van der Waals surface area contributed by atoms with Crippen LogP contribution in [0.5, 0.6) is 0 Å². The molecular weight excluding hydrogens is 206 g/mol. The molecule has 0 aliphatic heterocycles. The highest BCUT2D eigenvalue weighted by molar-refractivity contribution is 5.78. The van der Waals surface area contributed by atoms with Crippen LogP contribution in [0.3, 0.4) is 0 Å². The molecule has 1 atom stereocenters. The number of nitrogens with one attached hydrogen (secondary N) is 1. The van der Waals surface area contributed by atoms with E-state index in [1.54, 1.807) is 0 Å². The van der Waals surface area contributed by atoms with Crippen LogP contribution in [0.2, 0.25) is 0 Å². The maximum absolute atomic E-state index is 11.3. The molecule has 1 aromatic carbocycles. The Morgan fingerprint density at radius 1 is 1.44 bits per heavy atom. The average Bonchev–Trinajstić information content (AvgIpc) is 2.30. The maximum Gasteiger partial charge on any atom is 0.328 e. The summed E-state index contributed by atoms with van der Waals surface area (Å²) >= 11 is 0. The molecule has 0 aromatic heterocycles. The summed E-state index contributed by atoms with van der Waals surface area (Å²) in [7, 11) is 1.30. The van der Waals surface area contributed by atoms with Gasteiger partial charge in [-0.25, -0.2) is 4.79 Å². The fraction of sp³-hybridized carbons (Fsp3) is 0.333. The van der Waals surface area contributed by atoms with Crippen LogP contribution in [0.1, 0.15) is 11.1 Å². The van der Waals surface area contributed by atoms with Crippen molar-refractivity contribution in [2.45, 2.75) is 19.4 Å². The first-order valence-corrected chi connectivity index (χ1v) is 5.00. The average molecular weight is 221 g/mol. The number of benzene rings is 1. The second-order valence-electron chi connectivity index (χ2n) is 3.55. The van der Waals surface area contributed by atoms with E-state index >= 15 is 0 Å². The molecule has 1 unspecified atom stereocenters. The van der Waals surface area contributed by atoms with E-state index in [0.29, 0.717) is 12.8 Å². The SMILES string of the molecule is COC(=O)C(Cc1ccc(C)cc1)NC=O. The minimum absolute atomic E-state index is 0.436. The first-order valence-electron chi connectivity index (χ1n) is 5.00. The van der Waals surface area contributed by atoms with Gasteiger partial charge in [0.1, 0.15) is 6.04 Å². The molecule has 1 N–H and O–H groups in total. The fourth-order valence-electron chi connectivity index (χ4n) is 1.39. The summed E-state index contributed by atoms with van der Waals surface area (Å²) in [5, 5.41) is 2.44. The van der Waals surface area contributed by atoms with Gasteiger partial charge in [0.25, 0.3) is 0 Å². The van der Waals surface area contributed by atoms with Crippen LogP contribution < -0.4 is 5.32 Å². The third-order valence-electron chi connectivity index (χ3n) is 2.32. The molecule has 0 aliphatic rings. The smallest absolute Gasteiger partial charge is 0.328 e. The number of carbonyl (C=O) groups excluding carboxylic acids is 2. The van der Waals surface area contributed by atoms with E-state index in [9.17, 15) is 9.59 Å². The molecule has 1 amide bonds. The quantitative estimate of drug-likeness (QED) is 0.591. The monoisotopic (exact) mass is 221 g/mol. The minimum atomic E-state index is -0.620. The third kappa shape index (κ3) is 3.38. The molecule has 16 heavy (non-hydrogen) atoms. The predicted molar refractivity (Wildman–Crippen MR) is 59.9 cm³/mol. The van der Waals surface area contributed by atoms with E-state index in [1.807, 2.05) is 31.2 Å². The number of methoxy groups -OCH3 is 1. The van der Waals surface area contributed by atoms with Crippen LogP contribution >= 0.6 is 0 Å². The summed E-state index contributed by atoms with van der Waals surface area (Å²) in [6.45, 7) is 1.99. The van der Waals surface area contributed by atoms with Crippen molar-refractivity contribution in [3.63, 3.8) is 0 Å². The number of amides is 1. The second-order valence-corrected chi connectivity index (χ2v) is 3.55. The van der Waals surface area contributed by atoms with Gasteiger partial charge in [0.05, 0.1) is 7.11 Å². The molecule has 0 heterocycles. The second kappa shape index (κ2) is 5.90. The Bertz CT molecular complexity index is 359. The molecule has 0 fully saturated rings. The first-order chi connectivity index (χ1) is 7.67. The molecule has 0 aliphatic carbocycles. The Morgan fingerprint density at radius 3 is 2.56 bits per heavy atom. The van der Waals surface area contributed by atoms with E-state index in [0.717, 1.165) is 11.1 Å². The summed E-state index contributed by atoms with van der Waals surface area (Å²) < 4.78 is 4.60. The maximum atomic E-state index is 11.3. The molecule has 0 bridgehead atoms. The van der Waals surface area contributed by atoms with Crippen LogP contribution in [0, 0.1) is 6.92 Å². The zero-order chi connectivity index (χ0) is 12.0. The summed E-state index contributed by atoms with van der Waals surface area (Å²) in [5.74, 6) is -0.437. The summed E-state index contributed by atoms with van der Waals surface area (Å²) in [4.78, 5) is 21.7. The van der Waals surface area contributed by atoms with Crippen molar-refractivity contribution in [1.82, 2.24) is 5.32 Å². The predicted octanol–water partition coefficient (Wildman–Crippen LogP) is 0.825. The van der Waals surface area contributed by atoms with Crippen molar-refractivity contribution in [2.24, 2.45) is 0 Å². The van der Waals surface area contributed by atoms with Crippen LogP contribution in [-0.2, 0) is 20.7 Å². The highest BCUT2D eigenvalue weighted by Gasteiger charge is 2.18.